The highest BCUT2D eigenvalue weighted by molar-refractivity contribution is 5.94. The van der Waals surface area contributed by atoms with Crippen molar-refractivity contribution in [1.82, 2.24) is 10.2 Å². The standard InChI is InChI=1S/C27H34N2O/c1-18-25-16-22-11-12-23(26(30)28-19(2)21-7-5-4-6-8-21)15-24(22)27(18,3)13-14-29(25)17-20-9-10-20/h4-8,11-12,15,18-20,25H,9-10,13-14,16-17H2,1-3H3,(H,28,30)/t18-,19-,25?,27-/m0/s1. The third-order valence-electron chi connectivity index (χ3n) is 8.22. The van der Waals surface area contributed by atoms with Crippen LogP contribution in [0.3, 0.4) is 0 Å². The highest BCUT2D eigenvalue weighted by atomic mass is 16.1. The van der Waals surface area contributed by atoms with Gasteiger partial charge in [0.1, 0.15) is 0 Å². The van der Waals surface area contributed by atoms with Gasteiger partial charge in [-0.2, -0.15) is 0 Å². The monoisotopic (exact) mass is 402 g/mol. The summed E-state index contributed by atoms with van der Waals surface area (Å²) in [6.45, 7) is 9.42. The lowest BCUT2D eigenvalue weighted by atomic mass is 9.59. The summed E-state index contributed by atoms with van der Waals surface area (Å²) < 4.78 is 0. The summed E-state index contributed by atoms with van der Waals surface area (Å²) in [5, 5.41) is 3.19. The molecule has 4 atom stereocenters. The molecule has 1 unspecified atom stereocenters. The number of rotatable bonds is 5. The van der Waals surface area contributed by atoms with E-state index in [1.165, 1.54) is 43.5 Å². The number of amides is 1. The van der Waals surface area contributed by atoms with E-state index in [2.05, 4.69) is 55.3 Å². The second kappa shape index (κ2) is 7.53. The average Bonchev–Trinajstić information content (AvgIpc) is 3.57. The van der Waals surface area contributed by atoms with E-state index in [-0.39, 0.29) is 17.4 Å². The maximum atomic E-state index is 13.0. The van der Waals surface area contributed by atoms with Gasteiger partial charge in [0.2, 0.25) is 0 Å². The summed E-state index contributed by atoms with van der Waals surface area (Å²) in [4.78, 5) is 15.8. The smallest absolute Gasteiger partial charge is 0.251 e. The number of fused-ring (bicyclic) bond motifs is 4. The van der Waals surface area contributed by atoms with Crippen molar-refractivity contribution in [3.8, 4) is 0 Å². The quantitative estimate of drug-likeness (QED) is 0.754. The SMILES string of the molecule is C[C@H](NC(=O)c1ccc2c(c1)[C@@]1(C)CCN(CC3CC3)C(C2)[C@@H]1C)c1ccccc1. The summed E-state index contributed by atoms with van der Waals surface area (Å²) in [6.07, 6.45) is 5.16. The first kappa shape index (κ1) is 19.8. The number of nitrogens with one attached hydrogen (secondary N) is 1. The third kappa shape index (κ3) is 3.47. The number of likely N-dealkylation sites (tertiary alicyclic amines) is 1. The van der Waals surface area contributed by atoms with Gasteiger partial charge in [-0.05, 0) is 85.2 Å². The van der Waals surface area contributed by atoms with Gasteiger partial charge in [-0.3, -0.25) is 9.69 Å². The Morgan fingerprint density at radius 1 is 1.20 bits per heavy atom. The van der Waals surface area contributed by atoms with Crippen LogP contribution in [-0.4, -0.2) is 29.9 Å². The van der Waals surface area contributed by atoms with Gasteiger partial charge in [0.15, 0.2) is 0 Å². The average molecular weight is 403 g/mol. The highest BCUT2D eigenvalue weighted by Gasteiger charge is 2.49. The highest BCUT2D eigenvalue weighted by Crippen LogP contribution is 2.49. The Labute approximate surface area is 180 Å². The third-order valence-corrected chi connectivity index (χ3v) is 8.22. The summed E-state index contributed by atoms with van der Waals surface area (Å²) in [5.74, 6) is 1.60. The van der Waals surface area contributed by atoms with E-state index in [1.807, 2.05) is 24.3 Å². The van der Waals surface area contributed by atoms with Crippen LogP contribution < -0.4 is 5.32 Å². The molecule has 5 rings (SSSR count). The van der Waals surface area contributed by atoms with Gasteiger partial charge >= 0.3 is 0 Å². The molecule has 0 aromatic heterocycles. The molecule has 1 N–H and O–H groups in total. The molecule has 1 aliphatic heterocycles. The molecule has 3 heteroatoms. The Hall–Kier alpha value is -2.13. The van der Waals surface area contributed by atoms with Gasteiger partial charge in [0.05, 0.1) is 6.04 Å². The van der Waals surface area contributed by atoms with Crippen molar-refractivity contribution in [2.45, 2.75) is 64.0 Å². The van der Waals surface area contributed by atoms with E-state index in [1.54, 1.807) is 0 Å². The van der Waals surface area contributed by atoms with Crippen molar-refractivity contribution in [1.29, 1.82) is 0 Å². The van der Waals surface area contributed by atoms with Crippen molar-refractivity contribution in [3.05, 3.63) is 70.8 Å². The predicted octanol–water partition coefficient (Wildman–Crippen LogP) is 5.11. The first-order valence-electron chi connectivity index (χ1n) is 11.7. The molecule has 158 valence electrons. The number of hydrogen-bond acceptors (Lipinski definition) is 2. The van der Waals surface area contributed by atoms with E-state index in [0.717, 1.165) is 23.5 Å². The van der Waals surface area contributed by atoms with Crippen molar-refractivity contribution < 1.29 is 4.79 Å². The fourth-order valence-electron chi connectivity index (χ4n) is 5.81. The van der Waals surface area contributed by atoms with Gasteiger partial charge in [-0.1, -0.05) is 50.2 Å². The molecule has 2 fully saturated rings. The molecule has 1 amide bonds. The molecular formula is C27H34N2O. The van der Waals surface area contributed by atoms with Crippen molar-refractivity contribution in [3.63, 3.8) is 0 Å². The number of benzene rings is 2. The van der Waals surface area contributed by atoms with E-state index < -0.39 is 0 Å². The van der Waals surface area contributed by atoms with Crippen LogP contribution in [0, 0.1) is 11.8 Å². The molecule has 1 heterocycles. The minimum atomic E-state index is -0.000661. The molecule has 2 aliphatic carbocycles. The molecule has 2 bridgehead atoms. The Morgan fingerprint density at radius 2 is 1.97 bits per heavy atom. The van der Waals surface area contributed by atoms with Crippen molar-refractivity contribution >= 4 is 5.91 Å². The van der Waals surface area contributed by atoms with E-state index >= 15 is 0 Å². The van der Waals surface area contributed by atoms with Crippen LogP contribution in [0.1, 0.15) is 73.1 Å². The van der Waals surface area contributed by atoms with E-state index in [0.29, 0.717) is 12.0 Å². The zero-order valence-electron chi connectivity index (χ0n) is 18.5. The number of carbonyl (C=O) groups excluding carboxylic acids is 1. The predicted molar refractivity (Wildman–Crippen MR) is 122 cm³/mol. The maximum Gasteiger partial charge on any atom is 0.251 e. The Morgan fingerprint density at radius 3 is 2.70 bits per heavy atom. The number of hydrogen-bond donors (Lipinski definition) is 1. The van der Waals surface area contributed by atoms with Gasteiger partial charge < -0.3 is 5.32 Å². The van der Waals surface area contributed by atoms with E-state index in [9.17, 15) is 4.79 Å². The first-order chi connectivity index (χ1) is 14.5. The fraction of sp³-hybridized carbons (Fsp3) is 0.519. The van der Waals surface area contributed by atoms with Crippen molar-refractivity contribution in [2.24, 2.45) is 11.8 Å². The first-order valence-corrected chi connectivity index (χ1v) is 11.7. The second-order valence-electron chi connectivity index (χ2n) is 10.1. The summed E-state index contributed by atoms with van der Waals surface area (Å²) in [7, 11) is 0. The number of carbonyl (C=O) groups is 1. The Balaban J connectivity index is 1.38. The molecule has 2 aromatic carbocycles. The molecule has 0 radical (unpaired) electrons. The lowest BCUT2D eigenvalue weighted by Gasteiger charge is -2.55. The Bertz CT molecular complexity index is 935. The van der Waals surface area contributed by atoms with Crippen LogP contribution >= 0.6 is 0 Å². The largest absolute Gasteiger partial charge is 0.346 e. The van der Waals surface area contributed by atoms with Gasteiger partial charge in [-0.15, -0.1) is 0 Å². The summed E-state index contributed by atoms with van der Waals surface area (Å²) in [5.41, 5.74) is 4.96. The van der Waals surface area contributed by atoms with Crippen LogP contribution in [0.15, 0.2) is 48.5 Å². The minimum Gasteiger partial charge on any atom is -0.346 e. The normalized spacial score (nSPS) is 29.2. The number of piperidine rings is 1. The van der Waals surface area contributed by atoms with Crippen LogP contribution in [0.2, 0.25) is 0 Å². The summed E-state index contributed by atoms with van der Waals surface area (Å²) >= 11 is 0. The van der Waals surface area contributed by atoms with Crippen LogP contribution in [0.5, 0.6) is 0 Å². The van der Waals surface area contributed by atoms with Gasteiger partial charge in [-0.25, -0.2) is 0 Å². The molecule has 0 spiro atoms. The lowest BCUT2D eigenvalue weighted by molar-refractivity contribution is 0.0284. The fourth-order valence-corrected chi connectivity index (χ4v) is 5.81. The topological polar surface area (TPSA) is 32.3 Å². The molecule has 1 saturated heterocycles. The maximum absolute atomic E-state index is 13.0. The molecular weight excluding hydrogens is 368 g/mol. The van der Waals surface area contributed by atoms with Gasteiger partial charge in [0.25, 0.3) is 5.91 Å². The summed E-state index contributed by atoms with van der Waals surface area (Å²) in [6, 6.07) is 17.3. The molecule has 3 aliphatic rings. The molecule has 30 heavy (non-hydrogen) atoms. The zero-order chi connectivity index (χ0) is 20.9. The van der Waals surface area contributed by atoms with Crippen LogP contribution in [0.25, 0.3) is 0 Å². The second-order valence-corrected chi connectivity index (χ2v) is 10.1. The van der Waals surface area contributed by atoms with Crippen molar-refractivity contribution in [2.75, 3.05) is 13.1 Å². The molecule has 1 saturated carbocycles. The Kier molecular flexibility index (Phi) is 4.97. The zero-order valence-corrected chi connectivity index (χ0v) is 18.5. The van der Waals surface area contributed by atoms with Crippen LogP contribution in [0.4, 0.5) is 0 Å². The van der Waals surface area contributed by atoms with Crippen LogP contribution in [-0.2, 0) is 11.8 Å². The molecule has 3 nitrogen and oxygen atoms in total. The van der Waals surface area contributed by atoms with Gasteiger partial charge in [0, 0.05) is 18.2 Å². The minimum absolute atomic E-state index is 0.000661. The molecule has 2 aromatic rings. The number of nitrogens with zero attached hydrogens (tertiary/aromatic N) is 1. The van der Waals surface area contributed by atoms with E-state index in [4.69, 9.17) is 0 Å². The lowest BCUT2D eigenvalue weighted by Crippen LogP contribution is -2.58.